The van der Waals surface area contributed by atoms with Gasteiger partial charge in [-0.2, -0.15) is 5.26 Å². The van der Waals surface area contributed by atoms with E-state index in [1.165, 1.54) is 13.3 Å². The standard InChI is InChI=1S/C19H14N6O2/c1-27-19(26)17-16(21)12(8-20)10-25(17)13-4-5-14-15(7-13)24-18(23-14)11-3-2-6-22-9-11/h2-7,9-10H,21H2,1H3,(H,23,24). The van der Waals surface area contributed by atoms with E-state index in [1.807, 2.05) is 30.3 Å². The van der Waals surface area contributed by atoms with Crippen LogP contribution < -0.4 is 5.73 Å². The van der Waals surface area contributed by atoms with Crippen molar-refractivity contribution in [3.05, 3.63) is 60.2 Å². The van der Waals surface area contributed by atoms with Crippen molar-refractivity contribution in [3.63, 3.8) is 0 Å². The third-order valence-electron chi connectivity index (χ3n) is 4.22. The number of fused-ring (bicyclic) bond motifs is 1. The van der Waals surface area contributed by atoms with Crippen molar-refractivity contribution in [2.75, 3.05) is 12.8 Å². The highest BCUT2D eigenvalue weighted by molar-refractivity contribution is 5.96. The summed E-state index contributed by atoms with van der Waals surface area (Å²) in [4.78, 5) is 24.0. The van der Waals surface area contributed by atoms with Crippen LogP contribution in [0.2, 0.25) is 0 Å². The van der Waals surface area contributed by atoms with Crippen LogP contribution in [0.5, 0.6) is 0 Å². The van der Waals surface area contributed by atoms with Crippen LogP contribution in [0, 0.1) is 11.3 Å². The average molecular weight is 358 g/mol. The number of imidazole rings is 1. The first kappa shape index (κ1) is 16.4. The second-order valence-electron chi connectivity index (χ2n) is 5.81. The Hall–Kier alpha value is -4.12. The summed E-state index contributed by atoms with van der Waals surface area (Å²) in [5, 5.41) is 9.24. The van der Waals surface area contributed by atoms with Crippen molar-refractivity contribution in [1.82, 2.24) is 19.5 Å². The van der Waals surface area contributed by atoms with Gasteiger partial charge in [0.05, 0.1) is 29.4 Å². The highest BCUT2D eigenvalue weighted by Gasteiger charge is 2.22. The molecule has 0 unspecified atom stereocenters. The minimum Gasteiger partial charge on any atom is -0.464 e. The summed E-state index contributed by atoms with van der Waals surface area (Å²) in [6, 6.07) is 11.2. The molecule has 4 rings (SSSR count). The third kappa shape index (κ3) is 2.67. The number of anilines is 1. The smallest absolute Gasteiger partial charge is 0.357 e. The van der Waals surface area contributed by atoms with Gasteiger partial charge in [-0.05, 0) is 30.3 Å². The fourth-order valence-corrected chi connectivity index (χ4v) is 2.91. The maximum atomic E-state index is 12.2. The average Bonchev–Trinajstić information content (AvgIpc) is 3.28. The molecule has 0 aliphatic rings. The molecular formula is C19H14N6O2. The molecule has 0 aliphatic carbocycles. The molecule has 3 N–H and O–H groups in total. The molecular weight excluding hydrogens is 344 g/mol. The van der Waals surface area contributed by atoms with Gasteiger partial charge in [0.1, 0.15) is 11.9 Å². The summed E-state index contributed by atoms with van der Waals surface area (Å²) >= 11 is 0. The van der Waals surface area contributed by atoms with Crippen LogP contribution in [0.1, 0.15) is 16.1 Å². The van der Waals surface area contributed by atoms with Crippen molar-refractivity contribution in [1.29, 1.82) is 5.26 Å². The van der Waals surface area contributed by atoms with Gasteiger partial charge in [0.2, 0.25) is 0 Å². The summed E-state index contributed by atoms with van der Waals surface area (Å²) in [5.74, 6) is 0.0722. The van der Waals surface area contributed by atoms with Crippen LogP contribution in [0.15, 0.2) is 48.9 Å². The maximum absolute atomic E-state index is 12.2. The number of aromatic amines is 1. The number of benzene rings is 1. The van der Waals surface area contributed by atoms with E-state index in [0.29, 0.717) is 11.5 Å². The zero-order valence-electron chi connectivity index (χ0n) is 14.3. The minimum absolute atomic E-state index is 0.0881. The molecule has 1 aromatic carbocycles. The van der Waals surface area contributed by atoms with Crippen molar-refractivity contribution >= 4 is 22.7 Å². The number of nitrogens with one attached hydrogen (secondary N) is 1. The molecule has 3 aromatic heterocycles. The van der Waals surface area contributed by atoms with E-state index >= 15 is 0 Å². The van der Waals surface area contributed by atoms with Gasteiger partial charge in [-0.3, -0.25) is 4.98 Å². The fourth-order valence-electron chi connectivity index (χ4n) is 2.91. The zero-order chi connectivity index (χ0) is 19.0. The van der Waals surface area contributed by atoms with Crippen molar-refractivity contribution in [3.8, 4) is 23.1 Å². The number of nitrogens with zero attached hydrogens (tertiary/aromatic N) is 4. The predicted octanol–water partition coefficient (Wildman–Crippen LogP) is 2.66. The van der Waals surface area contributed by atoms with Crippen LogP contribution in [0.4, 0.5) is 5.69 Å². The number of esters is 1. The van der Waals surface area contributed by atoms with Gasteiger partial charge in [0.25, 0.3) is 0 Å². The van der Waals surface area contributed by atoms with E-state index < -0.39 is 5.97 Å². The third-order valence-corrected chi connectivity index (χ3v) is 4.22. The van der Waals surface area contributed by atoms with Crippen molar-refractivity contribution < 1.29 is 9.53 Å². The number of nitrogens with two attached hydrogens (primary N) is 1. The number of aromatic nitrogens is 4. The fraction of sp³-hybridized carbons (Fsp3) is 0.0526. The number of ether oxygens (including phenoxy) is 1. The zero-order valence-corrected chi connectivity index (χ0v) is 14.3. The molecule has 0 saturated heterocycles. The number of methoxy groups -OCH3 is 1. The Bertz CT molecular complexity index is 1200. The van der Waals surface area contributed by atoms with E-state index in [-0.39, 0.29) is 16.9 Å². The molecule has 132 valence electrons. The number of carbonyl (C=O) groups is 1. The lowest BCUT2D eigenvalue weighted by Crippen LogP contribution is -2.11. The molecule has 27 heavy (non-hydrogen) atoms. The Labute approximate surface area is 153 Å². The second kappa shape index (κ2) is 6.31. The topological polar surface area (TPSA) is 123 Å². The second-order valence-corrected chi connectivity index (χ2v) is 5.81. The molecule has 0 radical (unpaired) electrons. The predicted molar refractivity (Wildman–Crippen MR) is 99.1 cm³/mol. The van der Waals surface area contributed by atoms with E-state index in [4.69, 9.17) is 10.5 Å². The van der Waals surface area contributed by atoms with Crippen LogP contribution in [0.3, 0.4) is 0 Å². The van der Waals surface area contributed by atoms with Gasteiger partial charge in [0, 0.05) is 29.8 Å². The van der Waals surface area contributed by atoms with Crippen LogP contribution in [-0.4, -0.2) is 32.6 Å². The van der Waals surface area contributed by atoms with Crippen LogP contribution in [0.25, 0.3) is 28.1 Å². The number of pyridine rings is 1. The Kier molecular flexibility index (Phi) is 3.82. The first-order chi connectivity index (χ1) is 13.1. The Morgan fingerprint density at radius 2 is 2.22 bits per heavy atom. The number of carbonyl (C=O) groups excluding carboxylic acids is 1. The summed E-state index contributed by atoms with van der Waals surface area (Å²) in [7, 11) is 1.27. The number of hydrogen-bond acceptors (Lipinski definition) is 6. The van der Waals surface area contributed by atoms with Crippen LogP contribution in [-0.2, 0) is 4.74 Å². The SMILES string of the molecule is COC(=O)c1c(N)c(C#N)cn1-c1ccc2nc(-c3cccnc3)[nH]c2c1. The molecule has 0 saturated carbocycles. The molecule has 8 heteroatoms. The lowest BCUT2D eigenvalue weighted by Gasteiger charge is -2.08. The largest absolute Gasteiger partial charge is 0.464 e. The van der Waals surface area contributed by atoms with E-state index in [9.17, 15) is 10.1 Å². The molecule has 0 bridgehead atoms. The monoisotopic (exact) mass is 358 g/mol. The number of nitriles is 1. The lowest BCUT2D eigenvalue weighted by molar-refractivity contribution is 0.0593. The van der Waals surface area contributed by atoms with Gasteiger partial charge < -0.3 is 20.0 Å². The molecule has 4 aromatic rings. The summed E-state index contributed by atoms with van der Waals surface area (Å²) in [6.45, 7) is 0. The first-order valence-corrected chi connectivity index (χ1v) is 8.02. The molecule has 0 atom stereocenters. The number of hydrogen-bond donors (Lipinski definition) is 2. The number of H-pyrrole nitrogens is 1. The van der Waals surface area contributed by atoms with Gasteiger partial charge in [-0.15, -0.1) is 0 Å². The minimum atomic E-state index is -0.616. The van der Waals surface area contributed by atoms with Crippen molar-refractivity contribution in [2.45, 2.75) is 0 Å². The molecule has 0 aliphatic heterocycles. The van der Waals surface area contributed by atoms with Gasteiger partial charge in [0.15, 0.2) is 5.69 Å². The maximum Gasteiger partial charge on any atom is 0.357 e. The molecule has 3 heterocycles. The molecule has 0 fully saturated rings. The van der Waals surface area contributed by atoms with Crippen molar-refractivity contribution in [2.24, 2.45) is 0 Å². The van der Waals surface area contributed by atoms with Gasteiger partial charge in [-0.1, -0.05) is 0 Å². The quantitative estimate of drug-likeness (QED) is 0.543. The highest BCUT2D eigenvalue weighted by atomic mass is 16.5. The Morgan fingerprint density at radius 3 is 2.93 bits per heavy atom. The van der Waals surface area contributed by atoms with Gasteiger partial charge >= 0.3 is 5.97 Å². The Morgan fingerprint density at radius 1 is 1.37 bits per heavy atom. The lowest BCUT2D eigenvalue weighted by atomic mass is 10.2. The van der Waals surface area contributed by atoms with E-state index in [2.05, 4.69) is 15.0 Å². The molecule has 0 amide bonds. The summed E-state index contributed by atoms with van der Waals surface area (Å²) in [5.41, 5.74) is 9.40. The molecule has 8 nitrogen and oxygen atoms in total. The number of rotatable bonds is 3. The van der Waals surface area contributed by atoms with Crippen LogP contribution >= 0.6 is 0 Å². The summed E-state index contributed by atoms with van der Waals surface area (Å²) < 4.78 is 6.36. The highest BCUT2D eigenvalue weighted by Crippen LogP contribution is 2.27. The summed E-state index contributed by atoms with van der Waals surface area (Å²) in [6.07, 6.45) is 4.93. The van der Waals surface area contributed by atoms with E-state index in [0.717, 1.165) is 16.6 Å². The van der Waals surface area contributed by atoms with Gasteiger partial charge in [-0.25, -0.2) is 9.78 Å². The Balaban J connectivity index is 1.86. The normalized spacial score (nSPS) is 10.7. The van der Waals surface area contributed by atoms with E-state index in [1.54, 1.807) is 23.0 Å². The molecule has 0 spiro atoms. The first-order valence-electron chi connectivity index (χ1n) is 8.02. The number of nitrogen functional groups attached to an aromatic ring is 1.